The second kappa shape index (κ2) is 3.63. The van der Waals surface area contributed by atoms with Crippen LogP contribution in [0, 0.1) is 5.92 Å². The van der Waals surface area contributed by atoms with Gasteiger partial charge in [-0.2, -0.15) is 0 Å². The Kier molecular flexibility index (Phi) is 2.42. The standard InChI is InChI=1S/C12H12O4/c1-6-9-4-3-8(14)5-10(9)16-12(15)11(6)7(2)13/h3-6,11,14H,1-2H3. The summed E-state index contributed by atoms with van der Waals surface area (Å²) in [6, 6.07) is 4.59. The molecule has 0 aliphatic carbocycles. The number of ketones is 1. The number of phenols is 1. The molecule has 1 heterocycles. The molecule has 84 valence electrons. The lowest BCUT2D eigenvalue weighted by molar-refractivity contribution is -0.145. The summed E-state index contributed by atoms with van der Waals surface area (Å²) in [4.78, 5) is 22.9. The molecule has 2 rings (SSSR count). The van der Waals surface area contributed by atoms with E-state index in [2.05, 4.69) is 0 Å². The van der Waals surface area contributed by atoms with Crippen LogP contribution in [0.3, 0.4) is 0 Å². The average molecular weight is 220 g/mol. The Morgan fingerprint density at radius 2 is 2.12 bits per heavy atom. The van der Waals surface area contributed by atoms with Crippen LogP contribution in [0.1, 0.15) is 25.3 Å². The van der Waals surface area contributed by atoms with Gasteiger partial charge in [-0.25, -0.2) is 0 Å². The van der Waals surface area contributed by atoms with Gasteiger partial charge in [-0.05, 0) is 18.6 Å². The van der Waals surface area contributed by atoms with Crippen LogP contribution in [0.2, 0.25) is 0 Å². The second-order valence-electron chi connectivity index (χ2n) is 4.02. The fourth-order valence-electron chi connectivity index (χ4n) is 2.06. The largest absolute Gasteiger partial charge is 0.508 e. The lowest BCUT2D eigenvalue weighted by atomic mass is 9.83. The van der Waals surface area contributed by atoms with Gasteiger partial charge in [-0.15, -0.1) is 0 Å². The third kappa shape index (κ3) is 1.56. The summed E-state index contributed by atoms with van der Waals surface area (Å²) in [5.74, 6) is -1.31. The molecule has 0 saturated heterocycles. The maximum absolute atomic E-state index is 11.6. The topological polar surface area (TPSA) is 63.6 Å². The van der Waals surface area contributed by atoms with E-state index < -0.39 is 11.9 Å². The highest BCUT2D eigenvalue weighted by Crippen LogP contribution is 2.39. The molecule has 1 aromatic carbocycles. The van der Waals surface area contributed by atoms with Gasteiger partial charge in [0.1, 0.15) is 23.2 Å². The molecule has 4 nitrogen and oxygen atoms in total. The van der Waals surface area contributed by atoms with Crippen LogP contribution in [-0.4, -0.2) is 16.9 Å². The number of hydrogen-bond acceptors (Lipinski definition) is 4. The van der Waals surface area contributed by atoms with Crippen LogP contribution < -0.4 is 4.74 Å². The number of benzene rings is 1. The molecule has 1 aromatic rings. The van der Waals surface area contributed by atoms with Crippen LogP contribution in [-0.2, 0) is 9.59 Å². The van der Waals surface area contributed by atoms with Crippen LogP contribution in [0.15, 0.2) is 18.2 Å². The Bertz CT molecular complexity index is 464. The molecule has 0 bridgehead atoms. The molecule has 0 fully saturated rings. The minimum Gasteiger partial charge on any atom is -0.508 e. The van der Waals surface area contributed by atoms with Gasteiger partial charge < -0.3 is 9.84 Å². The number of carbonyl (C=O) groups excluding carboxylic acids is 2. The lowest BCUT2D eigenvalue weighted by Crippen LogP contribution is -2.35. The van der Waals surface area contributed by atoms with E-state index in [1.54, 1.807) is 6.07 Å². The van der Waals surface area contributed by atoms with Crippen molar-refractivity contribution in [1.82, 2.24) is 0 Å². The van der Waals surface area contributed by atoms with Gasteiger partial charge in [-0.1, -0.05) is 13.0 Å². The Hall–Kier alpha value is -1.84. The van der Waals surface area contributed by atoms with E-state index in [0.29, 0.717) is 5.75 Å². The van der Waals surface area contributed by atoms with Crippen LogP contribution in [0.4, 0.5) is 0 Å². The number of phenolic OH excluding ortho intramolecular Hbond substituents is 1. The third-order valence-corrected chi connectivity index (χ3v) is 2.89. The Morgan fingerprint density at radius 3 is 2.75 bits per heavy atom. The van der Waals surface area contributed by atoms with E-state index in [-0.39, 0.29) is 17.5 Å². The molecule has 0 amide bonds. The molecule has 2 unspecified atom stereocenters. The number of esters is 1. The predicted molar refractivity (Wildman–Crippen MR) is 56.3 cm³/mol. The van der Waals surface area contributed by atoms with E-state index in [1.165, 1.54) is 19.1 Å². The minimum atomic E-state index is -0.739. The first-order valence-corrected chi connectivity index (χ1v) is 5.05. The molecule has 2 atom stereocenters. The third-order valence-electron chi connectivity index (χ3n) is 2.89. The Morgan fingerprint density at radius 1 is 1.44 bits per heavy atom. The number of fused-ring (bicyclic) bond motifs is 1. The van der Waals surface area contributed by atoms with Crippen molar-refractivity contribution in [2.75, 3.05) is 0 Å². The average Bonchev–Trinajstić information content (AvgIpc) is 2.15. The number of Topliss-reactive ketones (excluding diaryl/α,β-unsaturated/α-hetero) is 1. The van der Waals surface area contributed by atoms with Crippen molar-refractivity contribution in [2.45, 2.75) is 19.8 Å². The summed E-state index contributed by atoms with van der Waals surface area (Å²) in [7, 11) is 0. The number of ether oxygens (including phenoxy) is 1. The fraction of sp³-hybridized carbons (Fsp3) is 0.333. The number of rotatable bonds is 1. The fourth-order valence-corrected chi connectivity index (χ4v) is 2.06. The number of aromatic hydroxyl groups is 1. The monoisotopic (exact) mass is 220 g/mol. The summed E-state index contributed by atoms with van der Waals surface area (Å²) in [6.07, 6.45) is 0. The first-order valence-electron chi connectivity index (χ1n) is 5.05. The van der Waals surface area contributed by atoms with Crippen LogP contribution in [0.25, 0.3) is 0 Å². The molecule has 0 spiro atoms. The number of carbonyl (C=O) groups is 2. The van der Waals surface area contributed by atoms with Crippen molar-refractivity contribution in [1.29, 1.82) is 0 Å². The molecule has 1 N–H and O–H groups in total. The Labute approximate surface area is 92.8 Å². The predicted octanol–water partition coefficient (Wildman–Crippen LogP) is 1.62. The van der Waals surface area contributed by atoms with E-state index >= 15 is 0 Å². The molecule has 0 aromatic heterocycles. The van der Waals surface area contributed by atoms with Crippen molar-refractivity contribution in [2.24, 2.45) is 5.92 Å². The molecule has 1 aliphatic rings. The highest BCUT2D eigenvalue weighted by molar-refractivity contribution is 6.00. The molecular weight excluding hydrogens is 208 g/mol. The molecular formula is C12H12O4. The van der Waals surface area contributed by atoms with E-state index in [0.717, 1.165) is 5.56 Å². The smallest absolute Gasteiger partial charge is 0.322 e. The summed E-state index contributed by atoms with van der Waals surface area (Å²) >= 11 is 0. The maximum Gasteiger partial charge on any atom is 0.322 e. The quantitative estimate of drug-likeness (QED) is 0.443. The van der Waals surface area contributed by atoms with Crippen molar-refractivity contribution >= 4 is 11.8 Å². The second-order valence-corrected chi connectivity index (χ2v) is 4.02. The van der Waals surface area contributed by atoms with E-state index in [9.17, 15) is 14.7 Å². The SMILES string of the molecule is CC(=O)C1C(=O)Oc2cc(O)ccc2C1C. The van der Waals surface area contributed by atoms with Gasteiger partial charge in [0.15, 0.2) is 0 Å². The highest BCUT2D eigenvalue weighted by Gasteiger charge is 2.38. The van der Waals surface area contributed by atoms with Crippen LogP contribution >= 0.6 is 0 Å². The molecule has 4 heteroatoms. The zero-order valence-corrected chi connectivity index (χ0v) is 9.06. The normalized spacial score (nSPS) is 23.5. The number of hydrogen-bond donors (Lipinski definition) is 1. The van der Waals surface area contributed by atoms with Crippen molar-refractivity contribution < 1.29 is 19.4 Å². The molecule has 1 aliphatic heterocycles. The van der Waals surface area contributed by atoms with Crippen molar-refractivity contribution in [3.05, 3.63) is 23.8 Å². The zero-order valence-electron chi connectivity index (χ0n) is 9.06. The lowest BCUT2D eigenvalue weighted by Gasteiger charge is -2.27. The molecule has 0 saturated carbocycles. The summed E-state index contributed by atoms with van der Waals surface area (Å²) in [5, 5.41) is 9.28. The van der Waals surface area contributed by atoms with Gasteiger partial charge in [-0.3, -0.25) is 9.59 Å². The van der Waals surface area contributed by atoms with Gasteiger partial charge in [0.2, 0.25) is 0 Å². The first kappa shape index (κ1) is 10.7. The van der Waals surface area contributed by atoms with E-state index in [4.69, 9.17) is 4.74 Å². The first-order chi connectivity index (χ1) is 7.50. The van der Waals surface area contributed by atoms with Crippen molar-refractivity contribution in [3.8, 4) is 11.5 Å². The maximum atomic E-state index is 11.6. The minimum absolute atomic E-state index is 0.0417. The van der Waals surface area contributed by atoms with E-state index in [1.807, 2.05) is 6.92 Å². The van der Waals surface area contributed by atoms with Gasteiger partial charge in [0.25, 0.3) is 0 Å². The highest BCUT2D eigenvalue weighted by atomic mass is 16.5. The molecule has 16 heavy (non-hydrogen) atoms. The Balaban J connectivity index is 2.49. The molecule has 0 radical (unpaired) electrons. The zero-order chi connectivity index (χ0) is 11.9. The van der Waals surface area contributed by atoms with Gasteiger partial charge in [0.05, 0.1) is 0 Å². The van der Waals surface area contributed by atoms with Gasteiger partial charge >= 0.3 is 5.97 Å². The summed E-state index contributed by atoms with van der Waals surface area (Å²) in [5.41, 5.74) is 0.776. The van der Waals surface area contributed by atoms with Crippen molar-refractivity contribution in [3.63, 3.8) is 0 Å². The van der Waals surface area contributed by atoms with Gasteiger partial charge in [0, 0.05) is 12.0 Å². The van der Waals surface area contributed by atoms with Crippen LogP contribution in [0.5, 0.6) is 11.5 Å². The summed E-state index contributed by atoms with van der Waals surface area (Å²) in [6.45, 7) is 3.19. The summed E-state index contributed by atoms with van der Waals surface area (Å²) < 4.78 is 5.04.